The smallest absolute Gasteiger partial charge is 0.259 e. The van der Waals surface area contributed by atoms with Gasteiger partial charge < -0.3 is 20.3 Å². The topological polar surface area (TPSA) is 78.8 Å². The predicted molar refractivity (Wildman–Crippen MR) is 65.7 cm³/mol. The summed E-state index contributed by atoms with van der Waals surface area (Å²) in [4.78, 5) is 12.1. The van der Waals surface area contributed by atoms with Crippen LogP contribution in [0.1, 0.15) is 30.6 Å². The van der Waals surface area contributed by atoms with E-state index in [1.807, 2.05) is 13.8 Å². The lowest BCUT2D eigenvalue weighted by molar-refractivity contribution is 0.0724. The molecule has 2 unspecified atom stereocenters. The summed E-state index contributed by atoms with van der Waals surface area (Å²) >= 11 is 0. The monoisotopic (exact) mass is 251 g/mol. The Morgan fingerprint density at radius 2 is 2.06 bits per heavy atom. The van der Waals surface area contributed by atoms with Crippen LogP contribution in [0, 0.1) is 0 Å². The first-order chi connectivity index (χ1) is 8.44. The van der Waals surface area contributed by atoms with Gasteiger partial charge in [0, 0.05) is 6.61 Å². The molecule has 1 aromatic carbocycles. The lowest BCUT2D eigenvalue weighted by Crippen LogP contribution is -2.50. The maximum atomic E-state index is 12.1. The van der Waals surface area contributed by atoms with E-state index in [-0.39, 0.29) is 23.2 Å². The normalized spacial score (nSPS) is 27.1. The average Bonchev–Trinajstić information content (AvgIpc) is 2.58. The van der Waals surface area contributed by atoms with Gasteiger partial charge in [-0.25, -0.2) is 0 Å². The fourth-order valence-electron chi connectivity index (χ4n) is 2.08. The average molecular weight is 251 g/mol. The Kier molecular flexibility index (Phi) is 3.17. The van der Waals surface area contributed by atoms with Crippen molar-refractivity contribution in [2.75, 3.05) is 6.61 Å². The predicted octanol–water partition coefficient (Wildman–Crippen LogP) is 1.40. The van der Waals surface area contributed by atoms with Gasteiger partial charge in [0.15, 0.2) is 0 Å². The second kappa shape index (κ2) is 4.49. The molecule has 1 amide bonds. The molecule has 0 spiro atoms. The van der Waals surface area contributed by atoms with Crippen LogP contribution in [0.25, 0.3) is 0 Å². The van der Waals surface area contributed by atoms with Crippen molar-refractivity contribution < 1.29 is 19.7 Å². The third-order valence-corrected chi connectivity index (χ3v) is 3.53. The third-order valence-electron chi connectivity index (χ3n) is 3.53. The van der Waals surface area contributed by atoms with Crippen LogP contribution in [-0.4, -0.2) is 34.4 Å². The van der Waals surface area contributed by atoms with E-state index < -0.39 is 11.4 Å². The molecule has 1 saturated heterocycles. The van der Waals surface area contributed by atoms with Crippen molar-refractivity contribution in [3.8, 4) is 11.5 Å². The molecule has 1 fully saturated rings. The molecule has 0 radical (unpaired) electrons. The maximum Gasteiger partial charge on any atom is 0.259 e. The van der Waals surface area contributed by atoms with Gasteiger partial charge >= 0.3 is 0 Å². The van der Waals surface area contributed by atoms with Gasteiger partial charge in [-0.3, -0.25) is 4.79 Å². The van der Waals surface area contributed by atoms with Crippen LogP contribution >= 0.6 is 0 Å². The SMILES string of the molecule is CC1OCCC1(C)NC(=O)c1c(O)cccc1O. The summed E-state index contributed by atoms with van der Waals surface area (Å²) in [6.45, 7) is 4.36. The van der Waals surface area contributed by atoms with Gasteiger partial charge in [-0.15, -0.1) is 0 Å². The number of hydrogen-bond donors (Lipinski definition) is 3. The first-order valence-corrected chi connectivity index (χ1v) is 5.89. The van der Waals surface area contributed by atoms with Crippen LogP contribution in [0.2, 0.25) is 0 Å². The molecule has 0 aromatic heterocycles. The molecule has 5 heteroatoms. The van der Waals surface area contributed by atoms with Gasteiger partial charge in [0.1, 0.15) is 17.1 Å². The molecule has 1 aliphatic heterocycles. The number of carbonyl (C=O) groups excluding carboxylic acids is 1. The molecule has 1 aliphatic rings. The van der Waals surface area contributed by atoms with Crippen molar-refractivity contribution in [3.63, 3.8) is 0 Å². The summed E-state index contributed by atoms with van der Waals surface area (Å²) in [5.41, 5.74) is -0.580. The number of phenols is 2. The minimum absolute atomic E-state index is 0.0992. The molecule has 1 aromatic rings. The number of phenolic OH excluding ortho intramolecular Hbond substituents is 2. The molecule has 1 heterocycles. The number of rotatable bonds is 2. The number of nitrogens with one attached hydrogen (secondary N) is 1. The quantitative estimate of drug-likeness (QED) is 0.742. The van der Waals surface area contributed by atoms with Gasteiger partial charge in [0.2, 0.25) is 0 Å². The van der Waals surface area contributed by atoms with E-state index >= 15 is 0 Å². The Morgan fingerprint density at radius 1 is 1.44 bits per heavy atom. The number of aromatic hydroxyl groups is 2. The van der Waals surface area contributed by atoms with E-state index in [1.54, 1.807) is 0 Å². The van der Waals surface area contributed by atoms with E-state index in [9.17, 15) is 15.0 Å². The van der Waals surface area contributed by atoms with Crippen LogP contribution in [0.5, 0.6) is 11.5 Å². The number of amides is 1. The standard InChI is InChI=1S/C13H17NO4/c1-8-13(2,6-7-18-8)14-12(17)11-9(15)4-3-5-10(11)16/h3-5,8,15-16H,6-7H2,1-2H3,(H,14,17). The summed E-state index contributed by atoms with van der Waals surface area (Å²) in [7, 11) is 0. The summed E-state index contributed by atoms with van der Waals surface area (Å²) in [6, 6.07) is 4.21. The summed E-state index contributed by atoms with van der Waals surface area (Å²) in [5.74, 6) is -0.962. The van der Waals surface area contributed by atoms with E-state index in [1.165, 1.54) is 18.2 Å². The van der Waals surface area contributed by atoms with Crippen LogP contribution in [0.15, 0.2) is 18.2 Å². The fourth-order valence-corrected chi connectivity index (χ4v) is 2.08. The third kappa shape index (κ3) is 2.13. The van der Waals surface area contributed by atoms with Gasteiger partial charge in [-0.05, 0) is 32.4 Å². The van der Waals surface area contributed by atoms with Crippen molar-refractivity contribution in [1.82, 2.24) is 5.32 Å². The number of benzene rings is 1. The Hall–Kier alpha value is -1.75. The number of ether oxygens (including phenoxy) is 1. The van der Waals surface area contributed by atoms with Crippen LogP contribution in [-0.2, 0) is 4.74 Å². The van der Waals surface area contributed by atoms with Crippen molar-refractivity contribution in [1.29, 1.82) is 0 Å². The molecular formula is C13H17NO4. The molecule has 3 N–H and O–H groups in total. The molecule has 0 aliphatic carbocycles. The van der Waals surface area contributed by atoms with Crippen molar-refractivity contribution in [2.24, 2.45) is 0 Å². The second-order valence-electron chi connectivity index (χ2n) is 4.81. The Balaban J connectivity index is 2.23. The minimum Gasteiger partial charge on any atom is -0.507 e. The summed E-state index contributed by atoms with van der Waals surface area (Å²) < 4.78 is 5.43. The zero-order valence-corrected chi connectivity index (χ0v) is 10.4. The summed E-state index contributed by atoms with van der Waals surface area (Å²) in [5, 5.41) is 22.1. The van der Waals surface area contributed by atoms with Gasteiger partial charge in [0.05, 0.1) is 11.6 Å². The molecule has 0 saturated carbocycles. The highest BCUT2D eigenvalue weighted by Gasteiger charge is 2.39. The number of hydrogen-bond acceptors (Lipinski definition) is 4. The molecule has 0 bridgehead atoms. The molecule has 98 valence electrons. The van der Waals surface area contributed by atoms with Gasteiger partial charge in [0.25, 0.3) is 5.91 Å². The molecule has 2 atom stereocenters. The lowest BCUT2D eigenvalue weighted by atomic mass is 9.94. The Morgan fingerprint density at radius 3 is 2.56 bits per heavy atom. The van der Waals surface area contributed by atoms with Crippen molar-refractivity contribution >= 4 is 5.91 Å². The largest absolute Gasteiger partial charge is 0.507 e. The zero-order valence-electron chi connectivity index (χ0n) is 10.4. The van der Waals surface area contributed by atoms with Crippen molar-refractivity contribution in [2.45, 2.75) is 31.9 Å². The van der Waals surface area contributed by atoms with Crippen LogP contribution < -0.4 is 5.32 Å². The second-order valence-corrected chi connectivity index (χ2v) is 4.81. The van der Waals surface area contributed by atoms with Gasteiger partial charge in [-0.2, -0.15) is 0 Å². The zero-order chi connectivity index (χ0) is 13.3. The van der Waals surface area contributed by atoms with Crippen molar-refractivity contribution in [3.05, 3.63) is 23.8 Å². The van der Waals surface area contributed by atoms with Gasteiger partial charge in [-0.1, -0.05) is 6.07 Å². The fraction of sp³-hybridized carbons (Fsp3) is 0.462. The van der Waals surface area contributed by atoms with E-state index in [0.29, 0.717) is 13.0 Å². The van der Waals surface area contributed by atoms with Crippen LogP contribution in [0.4, 0.5) is 0 Å². The lowest BCUT2D eigenvalue weighted by Gasteiger charge is -2.29. The Labute approximate surface area is 105 Å². The summed E-state index contributed by atoms with van der Waals surface area (Å²) in [6.07, 6.45) is 0.600. The maximum absolute atomic E-state index is 12.1. The molecule has 5 nitrogen and oxygen atoms in total. The number of carbonyl (C=O) groups is 1. The highest BCUT2D eigenvalue weighted by atomic mass is 16.5. The first-order valence-electron chi connectivity index (χ1n) is 5.89. The Bertz CT molecular complexity index is 454. The van der Waals surface area contributed by atoms with Crippen LogP contribution in [0.3, 0.4) is 0 Å². The van der Waals surface area contributed by atoms with E-state index in [0.717, 1.165) is 0 Å². The minimum atomic E-state index is -0.495. The highest BCUT2D eigenvalue weighted by Crippen LogP contribution is 2.29. The molecule has 2 rings (SSSR count). The van der Waals surface area contributed by atoms with E-state index in [2.05, 4.69) is 5.32 Å². The van der Waals surface area contributed by atoms with E-state index in [4.69, 9.17) is 4.74 Å². The molecular weight excluding hydrogens is 234 g/mol. The first kappa shape index (κ1) is 12.7. The highest BCUT2D eigenvalue weighted by molar-refractivity contribution is 5.99. The molecule has 18 heavy (non-hydrogen) atoms.